The molecule has 0 amide bonds. The van der Waals surface area contributed by atoms with Gasteiger partial charge < -0.3 is 4.98 Å². The first-order chi connectivity index (χ1) is 7.18. The van der Waals surface area contributed by atoms with Crippen LogP contribution in [0.1, 0.15) is 0 Å². The fourth-order valence-corrected chi connectivity index (χ4v) is 1.39. The molecule has 0 radical (unpaired) electrons. The van der Waals surface area contributed by atoms with Crippen LogP contribution in [0.15, 0.2) is 35.4 Å². The third kappa shape index (κ3) is 1.89. The van der Waals surface area contributed by atoms with Gasteiger partial charge in [0, 0.05) is 23.0 Å². The van der Waals surface area contributed by atoms with Crippen LogP contribution in [0.3, 0.4) is 0 Å². The molecule has 1 aromatic heterocycles. The Balaban J connectivity index is 2.69. The van der Waals surface area contributed by atoms with Crippen LogP contribution in [-0.2, 0) is 0 Å². The second-order valence-corrected chi connectivity index (χ2v) is 3.33. The van der Waals surface area contributed by atoms with Crippen LogP contribution < -0.4 is 5.56 Å². The first kappa shape index (κ1) is 9.86. The number of nitrogens with one attached hydrogen (secondary N) is 1. The Morgan fingerprint density at radius 2 is 2.20 bits per heavy atom. The number of hydrogen-bond acceptors (Lipinski definition) is 2. The first-order valence-electron chi connectivity index (χ1n) is 4.17. The van der Waals surface area contributed by atoms with Crippen LogP contribution in [0, 0.1) is 5.82 Å². The Morgan fingerprint density at radius 3 is 2.93 bits per heavy atom. The zero-order valence-corrected chi connectivity index (χ0v) is 8.25. The van der Waals surface area contributed by atoms with Gasteiger partial charge in [-0.2, -0.15) is 0 Å². The summed E-state index contributed by atoms with van der Waals surface area (Å²) in [5.74, 6) is -0.524. The highest BCUT2D eigenvalue weighted by Crippen LogP contribution is 2.21. The van der Waals surface area contributed by atoms with Gasteiger partial charge in [-0.1, -0.05) is 11.6 Å². The minimum absolute atomic E-state index is 0.0255. The summed E-state index contributed by atoms with van der Waals surface area (Å²) in [7, 11) is 0. The Kier molecular flexibility index (Phi) is 2.51. The molecule has 0 bridgehead atoms. The number of aromatic amines is 1. The average Bonchev–Trinajstić information content (AvgIpc) is 2.23. The van der Waals surface area contributed by atoms with Gasteiger partial charge in [0.05, 0.1) is 0 Å². The maximum absolute atomic E-state index is 13.4. The minimum atomic E-state index is -0.524. The number of aromatic nitrogens is 2. The second kappa shape index (κ2) is 3.82. The van der Waals surface area contributed by atoms with E-state index in [4.69, 9.17) is 11.6 Å². The Bertz CT molecular complexity index is 553. The van der Waals surface area contributed by atoms with Crippen LogP contribution in [-0.4, -0.2) is 9.97 Å². The van der Waals surface area contributed by atoms with Gasteiger partial charge in [-0.3, -0.25) is 4.79 Å². The van der Waals surface area contributed by atoms with Crippen molar-refractivity contribution in [2.24, 2.45) is 0 Å². The van der Waals surface area contributed by atoms with Gasteiger partial charge >= 0.3 is 0 Å². The van der Waals surface area contributed by atoms with E-state index in [0.29, 0.717) is 5.02 Å². The first-order valence-corrected chi connectivity index (χ1v) is 4.55. The monoisotopic (exact) mass is 224 g/mol. The zero-order chi connectivity index (χ0) is 10.8. The average molecular weight is 225 g/mol. The summed E-state index contributed by atoms with van der Waals surface area (Å²) in [5.41, 5.74) is -0.319. The highest BCUT2D eigenvalue weighted by Gasteiger charge is 2.10. The second-order valence-electron chi connectivity index (χ2n) is 2.89. The molecule has 0 aliphatic carbocycles. The number of rotatable bonds is 1. The number of hydrogen-bond donors (Lipinski definition) is 1. The molecule has 2 rings (SSSR count). The molecule has 0 spiro atoms. The highest BCUT2D eigenvalue weighted by atomic mass is 35.5. The topological polar surface area (TPSA) is 45.8 Å². The summed E-state index contributed by atoms with van der Waals surface area (Å²) in [6.45, 7) is 0. The summed E-state index contributed by atoms with van der Waals surface area (Å²) in [4.78, 5) is 17.6. The van der Waals surface area contributed by atoms with Crippen molar-refractivity contribution in [1.29, 1.82) is 0 Å². The fourth-order valence-electron chi connectivity index (χ4n) is 1.22. The predicted molar refractivity (Wildman–Crippen MR) is 55.3 cm³/mol. The number of halogens is 2. The smallest absolute Gasteiger partial charge is 0.274 e. The van der Waals surface area contributed by atoms with Gasteiger partial charge in [-0.15, -0.1) is 0 Å². The highest BCUT2D eigenvalue weighted by molar-refractivity contribution is 6.30. The van der Waals surface area contributed by atoms with Crippen LogP contribution in [0.2, 0.25) is 5.02 Å². The Morgan fingerprint density at radius 1 is 1.40 bits per heavy atom. The molecule has 0 fully saturated rings. The van der Waals surface area contributed by atoms with Gasteiger partial charge in [0.2, 0.25) is 0 Å². The van der Waals surface area contributed by atoms with E-state index < -0.39 is 11.4 Å². The lowest BCUT2D eigenvalue weighted by molar-refractivity contribution is 0.630. The van der Waals surface area contributed by atoms with Crippen molar-refractivity contribution in [2.75, 3.05) is 0 Å². The van der Waals surface area contributed by atoms with Crippen molar-refractivity contribution >= 4 is 11.6 Å². The van der Waals surface area contributed by atoms with E-state index >= 15 is 0 Å². The lowest BCUT2D eigenvalue weighted by atomic mass is 10.1. The molecule has 15 heavy (non-hydrogen) atoms. The van der Waals surface area contributed by atoms with E-state index in [0.717, 1.165) is 0 Å². The maximum Gasteiger partial charge on any atom is 0.274 e. The lowest BCUT2D eigenvalue weighted by Crippen LogP contribution is -2.10. The molecule has 1 N–H and O–H groups in total. The van der Waals surface area contributed by atoms with Crippen molar-refractivity contribution in [3.05, 3.63) is 51.8 Å². The van der Waals surface area contributed by atoms with Crippen LogP contribution >= 0.6 is 11.6 Å². The van der Waals surface area contributed by atoms with Crippen LogP contribution in [0.5, 0.6) is 0 Å². The SMILES string of the molecule is O=c1[nH]ccnc1-c1cc(Cl)ccc1F. The van der Waals surface area contributed by atoms with E-state index in [9.17, 15) is 9.18 Å². The minimum Gasteiger partial charge on any atom is -0.326 e. The van der Waals surface area contributed by atoms with Gasteiger partial charge in [0.1, 0.15) is 11.5 Å². The quantitative estimate of drug-likeness (QED) is 0.808. The molecule has 1 heterocycles. The van der Waals surface area contributed by atoms with Crippen molar-refractivity contribution in [3.63, 3.8) is 0 Å². The third-order valence-corrected chi connectivity index (χ3v) is 2.13. The molecule has 0 unspecified atom stereocenters. The predicted octanol–water partition coefficient (Wildman–Crippen LogP) is 2.23. The Labute approximate surface area is 89.6 Å². The summed E-state index contributed by atoms with van der Waals surface area (Å²) < 4.78 is 13.4. The number of benzene rings is 1. The third-order valence-electron chi connectivity index (χ3n) is 1.89. The molecule has 76 valence electrons. The molecule has 0 saturated carbocycles. The molecule has 2 aromatic rings. The van der Waals surface area contributed by atoms with Crippen LogP contribution in [0.25, 0.3) is 11.3 Å². The van der Waals surface area contributed by atoms with E-state index in [1.807, 2.05) is 0 Å². The van der Waals surface area contributed by atoms with Crippen molar-refractivity contribution in [2.45, 2.75) is 0 Å². The molecule has 0 aliphatic heterocycles. The van der Waals surface area contributed by atoms with E-state index in [-0.39, 0.29) is 11.3 Å². The molecule has 0 saturated heterocycles. The summed E-state index contributed by atoms with van der Waals surface area (Å²) >= 11 is 5.71. The molecule has 5 heteroatoms. The normalized spacial score (nSPS) is 10.3. The number of H-pyrrole nitrogens is 1. The maximum atomic E-state index is 13.4. The standard InChI is InChI=1S/C10H6ClFN2O/c11-6-1-2-8(12)7(5-6)9-10(15)14-4-3-13-9/h1-5H,(H,14,15). The fraction of sp³-hybridized carbons (Fsp3) is 0. The van der Waals surface area contributed by atoms with Crippen LogP contribution in [0.4, 0.5) is 4.39 Å². The molecule has 3 nitrogen and oxygen atoms in total. The molecular formula is C10H6ClFN2O. The van der Waals surface area contributed by atoms with E-state index in [1.165, 1.54) is 30.6 Å². The molecule has 0 atom stereocenters. The van der Waals surface area contributed by atoms with Gasteiger partial charge in [-0.05, 0) is 18.2 Å². The molecule has 0 aliphatic rings. The molecule has 1 aromatic carbocycles. The summed E-state index contributed by atoms with van der Waals surface area (Å²) in [6.07, 6.45) is 2.77. The van der Waals surface area contributed by atoms with Crippen molar-refractivity contribution in [3.8, 4) is 11.3 Å². The van der Waals surface area contributed by atoms with E-state index in [2.05, 4.69) is 9.97 Å². The zero-order valence-electron chi connectivity index (χ0n) is 7.50. The lowest BCUT2D eigenvalue weighted by Gasteiger charge is -2.01. The summed E-state index contributed by atoms with van der Waals surface area (Å²) in [6, 6.07) is 3.98. The Hall–Kier alpha value is -1.68. The van der Waals surface area contributed by atoms with Gasteiger partial charge in [0.15, 0.2) is 0 Å². The number of nitrogens with zero attached hydrogens (tertiary/aromatic N) is 1. The van der Waals surface area contributed by atoms with Crippen molar-refractivity contribution < 1.29 is 4.39 Å². The van der Waals surface area contributed by atoms with E-state index in [1.54, 1.807) is 0 Å². The van der Waals surface area contributed by atoms with Gasteiger partial charge in [0.25, 0.3) is 5.56 Å². The van der Waals surface area contributed by atoms with Crippen molar-refractivity contribution in [1.82, 2.24) is 9.97 Å². The summed E-state index contributed by atoms with van der Waals surface area (Å²) in [5, 5.41) is 0.358. The largest absolute Gasteiger partial charge is 0.326 e. The molecular weight excluding hydrogens is 219 g/mol. The van der Waals surface area contributed by atoms with Gasteiger partial charge in [-0.25, -0.2) is 9.37 Å².